The zero-order valence-electron chi connectivity index (χ0n) is 10.4. The minimum absolute atomic E-state index is 0.760. The fourth-order valence-corrected chi connectivity index (χ4v) is 2.79. The van der Waals surface area contributed by atoms with Crippen molar-refractivity contribution in [2.45, 2.75) is 32.6 Å². The third-order valence-corrected chi connectivity index (χ3v) is 3.72. The molecule has 94 valence electrons. The van der Waals surface area contributed by atoms with Crippen molar-refractivity contribution in [2.24, 2.45) is 0 Å². The number of rotatable bonds is 4. The van der Waals surface area contributed by atoms with E-state index >= 15 is 0 Å². The van der Waals surface area contributed by atoms with Crippen molar-refractivity contribution >= 4 is 17.2 Å². The number of nitrogens with one attached hydrogen (secondary N) is 1. The van der Waals surface area contributed by atoms with Crippen LogP contribution in [-0.2, 0) is 12.8 Å². The molecule has 0 unspecified atom stereocenters. The maximum Gasteiger partial charge on any atom is 0.181 e. The summed E-state index contributed by atoms with van der Waals surface area (Å²) >= 11 is 1.58. The molecular formula is C13H16N4S. The Morgan fingerprint density at radius 2 is 2.28 bits per heavy atom. The highest BCUT2D eigenvalue weighted by Gasteiger charge is 2.20. The standard InChI is InChI=1S/C13H16N4S/c1-2-6-14-12-9-4-3-5-10(9)16-13(17-12)11-7-18-8-15-11/h7-8H,2-6H2,1H3,(H,14,16,17). The van der Waals surface area contributed by atoms with Crippen LogP contribution >= 0.6 is 11.3 Å². The van der Waals surface area contributed by atoms with Gasteiger partial charge in [-0.3, -0.25) is 0 Å². The second-order valence-electron chi connectivity index (χ2n) is 4.48. The van der Waals surface area contributed by atoms with E-state index in [0.29, 0.717) is 0 Å². The van der Waals surface area contributed by atoms with Gasteiger partial charge in [-0.15, -0.1) is 11.3 Å². The summed E-state index contributed by atoms with van der Waals surface area (Å²) in [5, 5.41) is 5.42. The molecule has 2 aromatic heterocycles. The predicted molar refractivity (Wildman–Crippen MR) is 73.9 cm³/mol. The lowest BCUT2D eigenvalue weighted by Gasteiger charge is -2.10. The first kappa shape index (κ1) is 11.6. The van der Waals surface area contributed by atoms with Crippen LogP contribution in [0.2, 0.25) is 0 Å². The Labute approximate surface area is 111 Å². The third-order valence-electron chi connectivity index (χ3n) is 3.14. The molecule has 1 N–H and O–H groups in total. The fraction of sp³-hybridized carbons (Fsp3) is 0.462. The molecule has 0 radical (unpaired) electrons. The molecule has 18 heavy (non-hydrogen) atoms. The quantitative estimate of drug-likeness (QED) is 0.918. The zero-order valence-corrected chi connectivity index (χ0v) is 11.3. The highest BCUT2D eigenvalue weighted by molar-refractivity contribution is 7.07. The average Bonchev–Trinajstić information content (AvgIpc) is 3.05. The van der Waals surface area contributed by atoms with Crippen molar-refractivity contribution in [1.29, 1.82) is 0 Å². The molecule has 0 atom stereocenters. The number of thiazole rings is 1. The van der Waals surface area contributed by atoms with Crippen molar-refractivity contribution < 1.29 is 0 Å². The van der Waals surface area contributed by atoms with Gasteiger partial charge in [-0.1, -0.05) is 6.92 Å². The Morgan fingerprint density at radius 3 is 3.06 bits per heavy atom. The Hall–Kier alpha value is -1.49. The number of anilines is 1. The van der Waals surface area contributed by atoms with Gasteiger partial charge in [0, 0.05) is 23.2 Å². The van der Waals surface area contributed by atoms with Crippen LogP contribution in [0.15, 0.2) is 10.9 Å². The average molecular weight is 260 g/mol. The summed E-state index contributed by atoms with van der Waals surface area (Å²) in [5.41, 5.74) is 5.22. The molecule has 0 saturated carbocycles. The van der Waals surface area contributed by atoms with E-state index in [-0.39, 0.29) is 0 Å². The molecule has 0 saturated heterocycles. The molecule has 0 amide bonds. The minimum Gasteiger partial charge on any atom is -0.370 e. The van der Waals surface area contributed by atoms with Crippen LogP contribution in [0.25, 0.3) is 11.5 Å². The maximum absolute atomic E-state index is 4.66. The molecule has 0 fully saturated rings. The number of hydrogen-bond acceptors (Lipinski definition) is 5. The Balaban J connectivity index is 2.02. The van der Waals surface area contributed by atoms with Gasteiger partial charge in [-0.05, 0) is 25.7 Å². The third kappa shape index (κ3) is 2.10. The van der Waals surface area contributed by atoms with E-state index < -0.39 is 0 Å². The Morgan fingerprint density at radius 1 is 1.33 bits per heavy atom. The van der Waals surface area contributed by atoms with E-state index in [4.69, 9.17) is 0 Å². The van der Waals surface area contributed by atoms with Gasteiger partial charge in [0.1, 0.15) is 11.5 Å². The van der Waals surface area contributed by atoms with Crippen LogP contribution in [0.1, 0.15) is 31.0 Å². The molecular weight excluding hydrogens is 244 g/mol. The van der Waals surface area contributed by atoms with Gasteiger partial charge in [0.05, 0.1) is 5.51 Å². The SMILES string of the molecule is CCCNc1nc(-c2cscn2)nc2c1CCC2. The van der Waals surface area contributed by atoms with Crippen LogP contribution in [0.3, 0.4) is 0 Å². The molecule has 4 nitrogen and oxygen atoms in total. The fourth-order valence-electron chi connectivity index (χ4n) is 2.26. The monoisotopic (exact) mass is 260 g/mol. The summed E-state index contributed by atoms with van der Waals surface area (Å²) < 4.78 is 0. The van der Waals surface area contributed by atoms with Crippen LogP contribution in [0.4, 0.5) is 5.82 Å². The van der Waals surface area contributed by atoms with Gasteiger partial charge in [-0.2, -0.15) is 0 Å². The largest absolute Gasteiger partial charge is 0.370 e. The number of aryl methyl sites for hydroxylation is 1. The van der Waals surface area contributed by atoms with E-state index in [1.54, 1.807) is 11.3 Å². The Bertz CT molecular complexity index is 536. The first-order chi connectivity index (χ1) is 8.88. The number of fused-ring (bicyclic) bond motifs is 1. The van der Waals surface area contributed by atoms with E-state index in [0.717, 1.165) is 43.1 Å². The highest BCUT2D eigenvalue weighted by Crippen LogP contribution is 2.28. The van der Waals surface area contributed by atoms with Gasteiger partial charge in [0.15, 0.2) is 5.82 Å². The molecule has 0 spiro atoms. The van der Waals surface area contributed by atoms with E-state index in [1.165, 1.54) is 17.7 Å². The molecule has 0 bridgehead atoms. The second-order valence-corrected chi connectivity index (χ2v) is 5.19. The van der Waals surface area contributed by atoms with Gasteiger partial charge in [0.2, 0.25) is 0 Å². The van der Waals surface area contributed by atoms with Crippen molar-refractivity contribution in [1.82, 2.24) is 15.0 Å². The summed E-state index contributed by atoms with van der Waals surface area (Å²) in [7, 11) is 0. The summed E-state index contributed by atoms with van der Waals surface area (Å²) in [6.07, 6.45) is 4.45. The predicted octanol–water partition coefficient (Wildman–Crippen LogP) is 2.91. The van der Waals surface area contributed by atoms with Gasteiger partial charge in [-0.25, -0.2) is 15.0 Å². The minimum atomic E-state index is 0.760. The van der Waals surface area contributed by atoms with Crippen LogP contribution in [0.5, 0.6) is 0 Å². The van der Waals surface area contributed by atoms with Crippen LogP contribution in [-0.4, -0.2) is 21.5 Å². The van der Waals surface area contributed by atoms with E-state index in [2.05, 4.69) is 27.2 Å². The van der Waals surface area contributed by atoms with Gasteiger partial charge >= 0.3 is 0 Å². The topological polar surface area (TPSA) is 50.7 Å². The number of nitrogens with zero attached hydrogens (tertiary/aromatic N) is 3. The molecule has 1 aliphatic rings. The van der Waals surface area contributed by atoms with Crippen molar-refractivity contribution in [3.05, 3.63) is 22.1 Å². The lowest BCUT2D eigenvalue weighted by atomic mass is 10.2. The first-order valence-electron chi connectivity index (χ1n) is 6.40. The van der Waals surface area contributed by atoms with Gasteiger partial charge in [0.25, 0.3) is 0 Å². The van der Waals surface area contributed by atoms with Crippen LogP contribution in [0, 0.1) is 0 Å². The molecule has 1 aliphatic carbocycles. The number of hydrogen-bond donors (Lipinski definition) is 1. The maximum atomic E-state index is 4.66. The van der Waals surface area contributed by atoms with Crippen molar-refractivity contribution in [3.63, 3.8) is 0 Å². The molecule has 0 aromatic carbocycles. The Kier molecular flexibility index (Phi) is 3.23. The second kappa shape index (κ2) is 5.02. The smallest absolute Gasteiger partial charge is 0.181 e. The molecule has 3 rings (SSSR count). The van der Waals surface area contributed by atoms with Gasteiger partial charge < -0.3 is 5.32 Å². The lowest BCUT2D eigenvalue weighted by Crippen LogP contribution is -2.08. The van der Waals surface area contributed by atoms with Crippen molar-refractivity contribution in [3.8, 4) is 11.5 Å². The molecule has 0 aliphatic heterocycles. The number of aromatic nitrogens is 3. The van der Waals surface area contributed by atoms with Crippen LogP contribution < -0.4 is 5.32 Å². The zero-order chi connectivity index (χ0) is 12.4. The summed E-state index contributed by atoms with van der Waals surface area (Å²) in [6, 6.07) is 0. The summed E-state index contributed by atoms with van der Waals surface area (Å²) in [5.74, 6) is 1.78. The highest BCUT2D eigenvalue weighted by atomic mass is 32.1. The first-order valence-corrected chi connectivity index (χ1v) is 7.35. The summed E-state index contributed by atoms with van der Waals surface area (Å²) in [6.45, 7) is 3.12. The van der Waals surface area contributed by atoms with Crippen molar-refractivity contribution in [2.75, 3.05) is 11.9 Å². The van der Waals surface area contributed by atoms with E-state index in [1.807, 2.05) is 10.9 Å². The lowest BCUT2D eigenvalue weighted by molar-refractivity contribution is 0.899. The molecule has 5 heteroatoms. The summed E-state index contributed by atoms with van der Waals surface area (Å²) in [4.78, 5) is 13.6. The molecule has 2 aromatic rings. The normalized spacial score (nSPS) is 13.6. The molecule has 2 heterocycles. The van der Waals surface area contributed by atoms with E-state index in [9.17, 15) is 0 Å².